The zero-order valence-corrected chi connectivity index (χ0v) is 11.9. The van der Waals surface area contributed by atoms with Crippen molar-refractivity contribution in [1.29, 1.82) is 0 Å². The molecule has 1 aromatic carbocycles. The number of anilines is 1. The monoisotopic (exact) mass is 294 g/mol. The fourth-order valence-electron chi connectivity index (χ4n) is 2.71. The summed E-state index contributed by atoms with van der Waals surface area (Å²) in [6.07, 6.45) is 3.45. The van der Waals surface area contributed by atoms with Crippen LogP contribution >= 0.6 is 0 Å². The highest BCUT2D eigenvalue weighted by atomic mass is 19.1. The number of rotatable bonds is 4. The number of ether oxygens (including phenoxy) is 1. The highest BCUT2D eigenvalue weighted by Crippen LogP contribution is 2.38. The average Bonchev–Trinajstić information content (AvgIpc) is 2.98. The van der Waals surface area contributed by atoms with Gasteiger partial charge >= 0.3 is 5.97 Å². The van der Waals surface area contributed by atoms with Gasteiger partial charge in [-0.2, -0.15) is 0 Å². The minimum Gasteiger partial charge on any atom is -0.465 e. The van der Waals surface area contributed by atoms with Crippen LogP contribution in [0, 0.1) is 11.2 Å². The van der Waals surface area contributed by atoms with Gasteiger partial charge in [-0.05, 0) is 31.0 Å². The summed E-state index contributed by atoms with van der Waals surface area (Å²) < 4.78 is 18.1. The molecule has 0 heterocycles. The van der Waals surface area contributed by atoms with Crippen molar-refractivity contribution in [2.75, 3.05) is 19.0 Å². The Morgan fingerprint density at radius 2 is 2.05 bits per heavy atom. The molecule has 1 aliphatic carbocycles. The van der Waals surface area contributed by atoms with Crippen LogP contribution in [0.2, 0.25) is 0 Å². The van der Waals surface area contributed by atoms with Crippen LogP contribution in [0.15, 0.2) is 18.2 Å². The molecule has 3 N–H and O–H groups in total. The van der Waals surface area contributed by atoms with Crippen molar-refractivity contribution < 1.29 is 18.7 Å². The Kier molecular flexibility index (Phi) is 4.57. The summed E-state index contributed by atoms with van der Waals surface area (Å²) >= 11 is 0. The highest BCUT2D eigenvalue weighted by Gasteiger charge is 2.39. The zero-order chi connectivity index (χ0) is 15.5. The van der Waals surface area contributed by atoms with Gasteiger partial charge in [-0.3, -0.25) is 4.79 Å². The minimum absolute atomic E-state index is 0.176. The van der Waals surface area contributed by atoms with Crippen LogP contribution in [0.5, 0.6) is 0 Å². The minimum atomic E-state index is -0.780. The van der Waals surface area contributed by atoms with E-state index >= 15 is 0 Å². The molecule has 1 saturated carbocycles. The second-order valence-corrected chi connectivity index (χ2v) is 5.33. The van der Waals surface area contributed by atoms with Gasteiger partial charge in [0.05, 0.1) is 18.1 Å². The van der Waals surface area contributed by atoms with Crippen LogP contribution in [0.3, 0.4) is 0 Å². The molecule has 1 fully saturated rings. The van der Waals surface area contributed by atoms with E-state index in [0.29, 0.717) is 5.69 Å². The van der Waals surface area contributed by atoms with Gasteiger partial charge in [-0.25, -0.2) is 9.18 Å². The molecule has 21 heavy (non-hydrogen) atoms. The third-order valence-electron chi connectivity index (χ3n) is 4.06. The fourth-order valence-corrected chi connectivity index (χ4v) is 2.71. The van der Waals surface area contributed by atoms with E-state index in [0.717, 1.165) is 31.7 Å². The number of benzene rings is 1. The van der Waals surface area contributed by atoms with Gasteiger partial charge in [0.15, 0.2) is 0 Å². The molecule has 5 nitrogen and oxygen atoms in total. The number of esters is 1. The van der Waals surface area contributed by atoms with Crippen molar-refractivity contribution in [1.82, 2.24) is 0 Å². The van der Waals surface area contributed by atoms with Gasteiger partial charge in [0.1, 0.15) is 5.82 Å². The first-order valence-electron chi connectivity index (χ1n) is 6.92. The molecule has 0 bridgehead atoms. The first kappa shape index (κ1) is 15.4. The summed E-state index contributed by atoms with van der Waals surface area (Å²) in [6.45, 7) is 0.282. The topological polar surface area (TPSA) is 81.4 Å². The van der Waals surface area contributed by atoms with E-state index in [1.165, 1.54) is 19.2 Å². The van der Waals surface area contributed by atoms with Crippen molar-refractivity contribution in [2.45, 2.75) is 25.7 Å². The molecule has 2 rings (SSSR count). The molecule has 0 saturated heterocycles. The lowest BCUT2D eigenvalue weighted by Crippen LogP contribution is -2.40. The Morgan fingerprint density at radius 3 is 2.62 bits per heavy atom. The average molecular weight is 294 g/mol. The predicted molar refractivity (Wildman–Crippen MR) is 76.3 cm³/mol. The number of nitrogens with one attached hydrogen (secondary N) is 1. The lowest BCUT2D eigenvalue weighted by Gasteiger charge is -2.25. The van der Waals surface area contributed by atoms with Crippen molar-refractivity contribution >= 4 is 17.6 Å². The van der Waals surface area contributed by atoms with Crippen molar-refractivity contribution in [3.63, 3.8) is 0 Å². The smallest absolute Gasteiger partial charge is 0.340 e. The third kappa shape index (κ3) is 3.05. The van der Waals surface area contributed by atoms with E-state index in [2.05, 4.69) is 10.1 Å². The number of carbonyl (C=O) groups is 2. The second-order valence-electron chi connectivity index (χ2n) is 5.33. The van der Waals surface area contributed by atoms with Crippen LogP contribution in [-0.2, 0) is 9.53 Å². The Morgan fingerprint density at radius 1 is 1.38 bits per heavy atom. The van der Waals surface area contributed by atoms with Crippen LogP contribution in [0.4, 0.5) is 10.1 Å². The van der Waals surface area contributed by atoms with Crippen LogP contribution in [0.25, 0.3) is 0 Å². The van der Waals surface area contributed by atoms with E-state index in [9.17, 15) is 14.0 Å². The Bertz CT molecular complexity index is 554. The summed E-state index contributed by atoms with van der Waals surface area (Å²) in [7, 11) is 1.18. The van der Waals surface area contributed by atoms with E-state index in [1.54, 1.807) is 0 Å². The molecule has 1 aromatic rings. The predicted octanol–water partition coefficient (Wildman–Crippen LogP) is 2.07. The normalized spacial score (nSPS) is 16.5. The summed E-state index contributed by atoms with van der Waals surface area (Å²) in [4.78, 5) is 23.9. The second kappa shape index (κ2) is 6.22. The van der Waals surface area contributed by atoms with Crippen LogP contribution < -0.4 is 11.1 Å². The first-order chi connectivity index (χ1) is 10.0. The number of hydrogen-bond donors (Lipinski definition) is 2. The number of hydrogen-bond acceptors (Lipinski definition) is 4. The molecule has 114 valence electrons. The molecule has 0 aromatic heterocycles. The molecular weight excluding hydrogens is 275 g/mol. The maximum Gasteiger partial charge on any atom is 0.340 e. The van der Waals surface area contributed by atoms with Gasteiger partial charge in [0.25, 0.3) is 0 Å². The molecule has 0 unspecified atom stereocenters. The number of nitrogens with two attached hydrogens (primary N) is 1. The number of carbonyl (C=O) groups excluding carboxylic acids is 2. The fraction of sp³-hybridized carbons (Fsp3) is 0.467. The van der Waals surface area contributed by atoms with Crippen LogP contribution in [0.1, 0.15) is 36.0 Å². The lowest BCUT2D eigenvalue weighted by molar-refractivity contribution is -0.124. The molecule has 6 heteroatoms. The van der Waals surface area contributed by atoms with Crippen molar-refractivity contribution in [3.8, 4) is 0 Å². The molecule has 1 aliphatic rings. The molecule has 0 radical (unpaired) electrons. The quantitative estimate of drug-likeness (QED) is 0.833. The van der Waals surface area contributed by atoms with E-state index in [4.69, 9.17) is 5.73 Å². The first-order valence-corrected chi connectivity index (χ1v) is 6.92. The summed E-state index contributed by atoms with van der Waals surface area (Å²) in [5.74, 6) is -1.64. The summed E-state index contributed by atoms with van der Waals surface area (Å²) in [5, 5.41) is 2.73. The maximum absolute atomic E-state index is 13.6. The molecule has 0 spiro atoms. The van der Waals surface area contributed by atoms with Gasteiger partial charge in [-0.1, -0.05) is 12.8 Å². The molecule has 0 aliphatic heterocycles. The Balaban J connectivity index is 2.20. The highest BCUT2D eigenvalue weighted by molar-refractivity contribution is 5.97. The third-order valence-corrected chi connectivity index (χ3v) is 4.06. The largest absolute Gasteiger partial charge is 0.465 e. The Hall–Kier alpha value is -1.95. The van der Waals surface area contributed by atoms with Gasteiger partial charge in [-0.15, -0.1) is 0 Å². The maximum atomic E-state index is 13.6. The van der Waals surface area contributed by atoms with Crippen molar-refractivity contribution in [3.05, 3.63) is 29.6 Å². The molecule has 0 atom stereocenters. The number of halogens is 1. The van der Waals surface area contributed by atoms with E-state index in [-0.39, 0.29) is 18.0 Å². The van der Waals surface area contributed by atoms with Gasteiger partial charge in [0.2, 0.25) is 5.91 Å². The SMILES string of the molecule is COC(=O)c1cc(NC(=O)C2(CN)CCCC2)ccc1F. The summed E-state index contributed by atoms with van der Waals surface area (Å²) in [5.41, 5.74) is 5.35. The Labute approximate surface area is 122 Å². The lowest BCUT2D eigenvalue weighted by atomic mass is 9.85. The number of methoxy groups -OCH3 is 1. The number of amides is 1. The van der Waals surface area contributed by atoms with E-state index < -0.39 is 17.2 Å². The van der Waals surface area contributed by atoms with Gasteiger partial charge < -0.3 is 15.8 Å². The summed E-state index contributed by atoms with van der Waals surface area (Å²) in [6, 6.07) is 3.82. The molecular formula is C15H19FN2O3. The van der Waals surface area contributed by atoms with Crippen molar-refractivity contribution in [2.24, 2.45) is 11.1 Å². The zero-order valence-electron chi connectivity index (χ0n) is 11.9. The van der Waals surface area contributed by atoms with E-state index in [1.807, 2.05) is 0 Å². The van der Waals surface area contributed by atoms with Crippen LogP contribution in [-0.4, -0.2) is 25.5 Å². The standard InChI is InChI=1S/C15H19FN2O3/c1-21-13(19)11-8-10(4-5-12(11)16)18-14(20)15(9-17)6-2-3-7-15/h4-5,8H,2-3,6-7,9,17H2,1H3,(H,18,20). The molecule has 1 amide bonds. The van der Waals surface area contributed by atoms with Gasteiger partial charge in [0, 0.05) is 12.2 Å².